The molecule has 18 heavy (non-hydrogen) atoms. The van der Waals surface area contributed by atoms with Gasteiger partial charge in [-0.2, -0.15) is 0 Å². The summed E-state index contributed by atoms with van der Waals surface area (Å²) in [6, 6.07) is 1.78. The lowest BCUT2D eigenvalue weighted by atomic mass is 9.95. The van der Waals surface area contributed by atoms with E-state index in [9.17, 15) is 4.79 Å². The Hall–Kier alpha value is -1.14. The number of amides is 1. The highest BCUT2D eigenvalue weighted by molar-refractivity contribution is 9.10. The van der Waals surface area contributed by atoms with Crippen molar-refractivity contribution < 1.29 is 14.3 Å². The fourth-order valence-electron chi connectivity index (χ4n) is 2.03. The molecule has 0 aromatic carbocycles. The molecular weight excluding hydrogens is 300 g/mol. The minimum Gasteiger partial charge on any atom is -0.409 e. The summed E-state index contributed by atoms with van der Waals surface area (Å²) >= 11 is 3.40. The van der Waals surface area contributed by atoms with Gasteiger partial charge in [0.15, 0.2) is 5.75 Å². The number of hydrogen-bond donors (Lipinski definition) is 1. The maximum atomic E-state index is 10.9. The first-order valence-electron chi connectivity index (χ1n) is 5.80. The number of carbonyl (C=O) groups excluding carboxylic acids is 1. The van der Waals surface area contributed by atoms with Gasteiger partial charge in [-0.05, 0) is 47.3 Å². The molecule has 1 aliphatic rings. The second-order valence-corrected chi connectivity index (χ2v) is 5.04. The summed E-state index contributed by atoms with van der Waals surface area (Å²) < 4.78 is 11.1. The van der Waals surface area contributed by atoms with E-state index in [4.69, 9.17) is 15.2 Å². The van der Waals surface area contributed by atoms with E-state index in [1.165, 1.54) is 0 Å². The van der Waals surface area contributed by atoms with Crippen molar-refractivity contribution in [1.82, 2.24) is 4.98 Å². The first kappa shape index (κ1) is 13.3. The Kier molecular flexibility index (Phi) is 4.19. The van der Waals surface area contributed by atoms with Gasteiger partial charge < -0.3 is 15.2 Å². The molecule has 98 valence electrons. The molecule has 1 aromatic heterocycles. The molecule has 0 bridgehead atoms. The number of aryl methyl sites for hydroxylation is 1. The van der Waals surface area contributed by atoms with E-state index >= 15 is 0 Å². The molecule has 1 fully saturated rings. The number of pyridine rings is 1. The summed E-state index contributed by atoms with van der Waals surface area (Å²) in [5, 5.41) is 0. The Balaban J connectivity index is 2.35. The Morgan fingerprint density at radius 2 is 2.22 bits per heavy atom. The van der Waals surface area contributed by atoms with Gasteiger partial charge in [-0.25, -0.2) is 9.78 Å². The molecular formula is C12H15BrN2O3. The van der Waals surface area contributed by atoms with Crippen molar-refractivity contribution in [3.05, 3.63) is 21.9 Å². The van der Waals surface area contributed by atoms with Gasteiger partial charge in [0.2, 0.25) is 0 Å². The number of ether oxygens (including phenoxy) is 2. The Morgan fingerprint density at radius 1 is 1.56 bits per heavy atom. The van der Waals surface area contributed by atoms with Crippen LogP contribution in [0.25, 0.3) is 0 Å². The fraction of sp³-hybridized carbons (Fsp3) is 0.500. The molecule has 2 rings (SSSR count). The SMILES string of the molecule is Cc1cc(OC(N)=O)c(C2CCOCC2)nc1Br. The number of carbonyl (C=O) groups is 1. The standard InChI is InChI=1S/C12H15BrN2O3/c1-7-6-9(18-12(14)16)10(15-11(7)13)8-2-4-17-5-3-8/h6,8H,2-5H2,1H3,(H2,14,16). The van der Waals surface area contributed by atoms with Crippen LogP contribution in [0.1, 0.15) is 30.0 Å². The third kappa shape index (κ3) is 3.00. The predicted molar refractivity (Wildman–Crippen MR) is 69.7 cm³/mol. The van der Waals surface area contributed by atoms with Crippen LogP contribution >= 0.6 is 15.9 Å². The largest absolute Gasteiger partial charge is 0.410 e. The summed E-state index contributed by atoms with van der Waals surface area (Å²) in [6.45, 7) is 3.29. The highest BCUT2D eigenvalue weighted by atomic mass is 79.9. The van der Waals surface area contributed by atoms with Crippen LogP contribution in [0, 0.1) is 6.92 Å². The summed E-state index contributed by atoms with van der Waals surface area (Å²) in [4.78, 5) is 15.4. The van der Waals surface area contributed by atoms with Crippen molar-refractivity contribution in [2.45, 2.75) is 25.7 Å². The van der Waals surface area contributed by atoms with E-state index in [0.717, 1.165) is 28.7 Å². The highest BCUT2D eigenvalue weighted by Crippen LogP contribution is 2.34. The van der Waals surface area contributed by atoms with Crippen LogP contribution in [0.5, 0.6) is 5.75 Å². The van der Waals surface area contributed by atoms with Crippen molar-refractivity contribution in [2.24, 2.45) is 5.73 Å². The molecule has 2 heterocycles. The van der Waals surface area contributed by atoms with Crippen LogP contribution in [-0.4, -0.2) is 24.3 Å². The minimum atomic E-state index is -0.813. The second kappa shape index (κ2) is 5.67. The third-order valence-corrected chi connectivity index (χ3v) is 3.77. The molecule has 1 aliphatic heterocycles. The number of aromatic nitrogens is 1. The monoisotopic (exact) mass is 314 g/mol. The molecule has 1 saturated heterocycles. The molecule has 0 spiro atoms. The third-order valence-electron chi connectivity index (χ3n) is 2.96. The van der Waals surface area contributed by atoms with Gasteiger partial charge in [0, 0.05) is 19.1 Å². The smallest absolute Gasteiger partial charge is 0.409 e. The van der Waals surface area contributed by atoms with E-state index in [0.29, 0.717) is 19.0 Å². The van der Waals surface area contributed by atoms with Gasteiger partial charge >= 0.3 is 6.09 Å². The zero-order chi connectivity index (χ0) is 13.1. The molecule has 6 heteroatoms. The van der Waals surface area contributed by atoms with E-state index in [1.54, 1.807) is 6.07 Å². The average molecular weight is 315 g/mol. The quantitative estimate of drug-likeness (QED) is 0.851. The molecule has 0 atom stereocenters. The summed E-state index contributed by atoms with van der Waals surface area (Å²) in [5.41, 5.74) is 6.76. The molecule has 5 nitrogen and oxygen atoms in total. The van der Waals surface area contributed by atoms with Crippen molar-refractivity contribution in [1.29, 1.82) is 0 Å². The summed E-state index contributed by atoms with van der Waals surface area (Å²) in [5.74, 6) is 0.695. The lowest BCUT2D eigenvalue weighted by Crippen LogP contribution is -2.20. The van der Waals surface area contributed by atoms with Crippen LogP contribution in [0.4, 0.5) is 4.79 Å². The average Bonchev–Trinajstić information content (AvgIpc) is 2.34. The summed E-state index contributed by atoms with van der Waals surface area (Å²) in [6.07, 6.45) is 0.932. The lowest BCUT2D eigenvalue weighted by Gasteiger charge is -2.23. The van der Waals surface area contributed by atoms with Gasteiger partial charge in [-0.1, -0.05) is 0 Å². The fourth-order valence-corrected chi connectivity index (χ4v) is 2.34. The molecule has 2 N–H and O–H groups in total. The van der Waals surface area contributed by atoms with Crippen molar-refractivity contribution in [3.8, 4) is 5.75 Å². The Labute approximate surface area is 114 Å². The molecule has 0 saturated carbocycles. The number of primary amides is 1. The number of nitrogens with zero attached hydrogens (tertiary/aromatic N) is 1. The lowest BCUT2D eigenvalue weighted by molar-refractivity contribution is 0.0839. The van der Waals surface area contributed by atoms with E-state index in [-0.39, 0.29) is 5.92 Å². The first-order chi connectivity index (χ1) is 8.58. The molecule has 0 unspecified atom stereocenters. The first-order valence-corrected chi connectivity index (χ1v) is 6.59. The minimum absolute atomic E-state index is 0.241. The molecule has 1 aromatic rings. The predicted octanol–water partition coefficient (Wildman–Crippen LogP) is 2.50. The van der Waals surface area contributed by atoms with Crippen LogP contribution in [0.2, 0.25) is 0 Å². The van der Waals surface area contributed by atoms with Gasteiger partial charge in [-0.3, -0.25) is 0 Å². The van der Waals surface area contributed by atoms with E-state index < -0.39 is 6.09 Å². The van der Waals surface area contributed by atoms with Gasteiger partial charge in [-0.15, -0.1) is 0 Å². The highest BCUT2D eigenvalue weighted by Gasteiger charge is 2.23. The Bertz CT molecular complexity index is 459. The van der Waals surface area contributed by atoms with Crippen LogP contribution in [0.15, 0.2) is 10.7 Å². The van der Waals surface area contributed by atoms with Crippen molar-refractivity contribution >= 4 is 22.0 Å². The topological polar surface area (TPSA) is 74.4 Å². The Morgan fingerprint density at radius 3 is 2.83 bits per heavy atom. The normalized spacial score (nSPS) is 16.6. The molecule has 1 amide bonds. The van der Waals surface area contributed by atoms with Crippen molar-refractivity contribution in [2.75, 3.05) is 13.2 Å². The van der Waals surface area contributed by atoms with Crippen LogP contribution < -0.4 is 10.5 Å². The van der Waals surface area contributed by atoms with Crippen molar-refractivity contribution in [3.63, 3.8) is 0 Å². The van der Waals surface area contributed by atoms with E-state index in [1.807, 2.05) is 6.92 Å². The zero-order valence-electron chi connectivity index (χ0n) is 10.1. The number of hydrogen-bond acceptors (Lipinski definition) is 4. The number of rotatable bonds is 2. The van der Waals surface area contributed by atoms with Crippen LogP contribution in [0.3, 0.4) is 0 Å². The maximum Gasteiger partial charge on any atom is 0.410 e. The maximum absolute atomic E-state index is 10.9. The van der Waals surface area contributed by atoms with E-state index in [2.05, 4.69) is 20.9 Å². The number of nitrogens with two attached hydrogens (primary N) is 1. The van der Waals surface area contributed by atoms with Gasteiger partial charge in [0.1, 0.15) is 4.60 Å². The van der Waals surface area contributed by atoms with Crippen LogP contribution in [-0.2, 0) is 4.74 Å². The zero-order valence-corrected chi connectivity index (χ0v) is 11.7. The van der Waals surface area contributed by atoms with Gasteiger partial charge in [0.05, 0.1) is 5.69 Å². The van der Waals surface area contributed by atoms with Gasteiger partial charge in [0.25, 0.3) is 0 Å². The summed E-state index contributed by atoms with van der Waals surface area (Å²) in [7, 11) is 0. The molecule has 0 radical (unpaired) electrons. The number of halogens is 1. The molecule has 0 aliphatic carbocycles. The second-order valence-electron chi connectivity index (χ2n) is 4.29.